The van der Waals surface area contributed by atoms with Crippen molar-refractivity contribution in [2.24, 2.45) is 0 Å². The zero-order valence-electron chi connectivity index (χ0n) is 14.6. The standard InChI is InChI=1S/C18H23N3O3S/c1-14-9-11-16(12-10-14)25(23,24)20-18(22)19-13-17(21(2)3)15-7-5-4-6-8-15/h4-12,17H,13H2,1-3H3,(H2,19,20,22). The van der Waals surface area contributed by atoms with E-state index in [9.17, 15) is 13.2 Å². The molecule has 2 amide bonds. The van der Waals surface area contributed by atoms with Gasteiger partial charge in [0.1, 0.15) is 0 Å². The number of carbonyl (C=O) groups excluding carboxylic acids is 1. The van der Waals surface area contributed by atoms with Crippen molar-refractivity contribution >= 4 is 16.1 Å². The molecule has 6 nitrogen and oxygen atoms in total. The maximum atomic E-state index is 12.2. The Labute approximate surface area is 148 Å². The van der Waals surface area contributed by atoms with Crippen molar-refractivity contribution in [2.75, 3.05) is 20.6 Å². The molecule has 25 heavy (non-hydrogen) atoms. The lowest BCUT2D eigenvalue weighted by Crippen LogP contribution is -2.42. The van der Waals surface area contributed by atoms with Crippen LogP contribution in [0.3, 0.4) is 0 Å². The predicted octanol–water partition coefficient (Wildman–Crippen LogP) is 2.29. The van der Waals surface area contributed by atoms with E-state index in [0.717, 1.165) is 11.1 Å². The summed E-state index contributed by atoms with van der Waals surface area (Å²) in [7, 11) is -0.0786. The highest BCUT2D eigenvalue weighted by Crippen LogP contribution is 2.16. The molecule has 0 heterocycles. The summed E-state index contributed by atoms with van der Waals surface area (Å²) < 4.78 is 26.5. The average Bonchev–Trinajstić information content (AvgIpc) is 2.55. The number of rotatable bonds is 6. The molecule has 134 valence electrons. The third kappa shape index (κ3) is 5.30. The number of urea groups is 1. The quantitative estimate of drug-likeness (QED) is 0.827. The van der Waals surface area contributed by atoms with Crippen LogP contribution in [0.5, 0.6) is 0 Å². The minimum Gasteiger partial charge on any atom is -0.335 e. The average molecular weight is 361 g/mol. The van der Waals surface area contributed by atoms with Crippen LogP contribution in [0.15, 0.2) is 59.5 Å². The van der Waals surface area contributed by atoms with Crippen LogP contribution >= 0.6 is 0 Å². The molecule has 0 saturated heterocycles. The summed E-state index contributed by atoms with van der Waals surface area (Å²) in [6.07, 6.45) is 0. The van der Waals surface area contributed by atoms with Gasteiger partial charge in [-0.1, -0.05) is 48.0 Å². The molecule has 0 bridgehead atoms. The third-order valence-electron chi connectivity index (χ3n) is 3.82. The first-order chi connectivity index (χ1) is 11.8. The van der Waals surface area contributed by atoms with Gasteiger partial charge in [-0.05, 0) is 38.7 Å². The molecule has 0 spiro atoms. The monoisotopic (exact) mass is 361 g/mol. The maximum Gasteiger partial charge on any atom is 0.328 e. The number of nitrogens with zero attached hydrogens (tertiary/aromatic N) is 1. The minimum atomic E-state index is -3.88. The molecule has 0 fully saturated rings. The first-order valence-corrected chi connectivity index (χ1v) is 9.36. The molecule has 1 atom stereocenters. The van der Waals surface area contributed by atoms with Crippen LogP contribution in [0.25, 0.3) is 0 Å². The van der Waals surface area contributed by atoms with Crippen LogP contribution in [-0.4, -0.2) is 40.0 Å². The number of nitrogens with one attached hydrogen (secondary N) is 2. The lowest BCUT2D eigenvalue weighted by atomic mass is 10.1. The summed E-state index contributed by atoms with van der Waals surface area (Å²) in [6, 6.07) is 15.2. The Kier molecular flexibility index (Phi) is 6.17. The summed E-state index contributed by atoms with van der Waals surface area (Å²) in [6.45, 7) is 2.15. The Bertz CT molecular complexity index is 803. The van der Waals surface area contributed by atoms with Gasteiger partial charge in [-0.25, -0.2) is 17.9 Å². The Morgan fingerprint density at radius 1 is 1.04 bits per heavy atom. The van der Waals surface area contributed by atoms with E-state index >= 15 is 0 Å². The normalized spacial score (nSPS) is 12.6. The van der Waals surface area contributed by atoms with Crippen LogP contribution in [0.4, 0.5) is 4.79 Å². The molecule has 2 rings (SSSR count). The smallest absolute Gasteiger partial charge is 0.328 e. The molecule has 0 aliphatic carbocycles. The van der Waals surface area contributed by atoms with E-state index in [1.807, 2.05) is 61.0 Å². The van der Waals surface area contributed by atoms with E-state index in [4.69, 9.17) is 0 Å². The second kappa shape index (κ2) is 8.13. The number of likely N-dealkylation sites (N-methyl/N-ethyl adjacent to an activating group) is 1. The number of benzene rings is 2. The van der Waals surface area contributed by atoms with Gasteiger partial charge in [0.15, 0.2) is 0 Å². The van der Waals surface area contributed by atoms with Crippen LogP contribution in [0.2, 0.25) is 0 Å². The Hall–Kier alpha value is -2.38. The number of hydrogen-bond donors (Lipinski definition) is 2. The van der Waals surface area contributed by atoms with E-state index in [1.54, 1.807) is 12.1 Å². The van der Waals surface area contributed by atoms with Crippen molar-refractivity contribution in [2.45, 2.75) is 17.9 Å². The molecule has 7 heteroatoms. The van der Waals surface area contributed by atoms with Gasteiger partial charge in [0.25, 0.3) is 10.0 Å². The fourth-order valence-electron chi connectivity index (χ4n) is 2.40. The van der Waals surface area contributed by atoms with Gasteiger partial charge in [0.2, 0.25) is 0 Å². The summed E-state index contributed by atoms with van der Waals surface area (Å²) >= 11 is 0. The van der Waals surface area contributed by atoms with Gasteiger partial charge in [-0.2, -0.15) is 0 Å². The molecule has 2 aromatic rings. The minimum absolute atomic E-state index is 0.0560. The molecule has 0 aromatic heterocycles. The third-order valence-corrected chi connectivity index (χ3v) is 5.17. The van der Waals surface area contributed by atoms with Gasteiger partial charge < -0.3 is 10.2 Å². The first kappa shape index (κ1) is 19.0. The second-order valence-electron chi connectivity index (χ2n) is 6.02. The topological polar surface area (TPSA) is 78.5 Å². The maximum absolute atomic E-state index is 12.2. The van der Waals surface area contributed by atoms with Crippen molar-refractivity contribution in [3.63, 3.8) is 0 Å². The SMILES string of the molecule is Cc1ccc(S(=O)(=O)NC(=O)NCC(c2ccccc2)N(C)C)cc1. The highest BCUT2D eigenvalue weighted by Gasteiger charge is 2.19. The Morgan fingerprint density at radius 3 is 2.20 bits per heavy atom. The number of aryl methyl sites for hydroxylation is 1. The van der Waals surface area contributed by atoms with Crippen molar-refractivity contribution in [1.82, 2.24) is 14.9 Å². The number of carbonyl (C=O) groups is 1. The van der Waals surface area contributed by atoms with Crippen LogP contribution in [-0.2, 0) is 10.0 Å². The van der Waals surface area contributed by atoms with Gasteiger partial charge in [-0.15, -0.1) is 0 Å². The van der Waals surface area contributed by atoms with Gasteiger partial charge in [0, 0.05) is 6.54 Å². The molecule has 2 N–H and O–H groups in total. The molecular weight excluding hydrogens is 338 g/mol. The summed E-state index contributed by atoms with van der Waals surface area (Å²) in [5, 5.41) is 2.63. The van der Waals surface area contributed by atoms with Gasteiger partial charge >= 0.3 is 6.03 Å². The molecule has 0 aliphatic rings. The highest BCUT2D eigenvalue weighted by molar-refractivity contribution is 7.90. The Balaban J connectivity index is 2.00. The van der Waals surface area contributed by atoms with Crippen LogP contribution in [0.1, 0.15) is 17.2 Å². The van der Waals surface area contributed by atoms with Gasteiger partial charge in [-0.3, -0.25) is 0 Å². The van der Waals surface area contributed by atoms with E-state index in [2.05, 4.69) is 5.32 Å². The highest BCUT2D eigenvalue weighted by atomic mass is 32.2. The zero-order valence-corrected chi connectivity index (χ0v) is 15.4. The fraction of sp³-hybridized carbons (Fsp3) is 0.278. The molecular formula is C18H23N3O3S. The van der Waals surface area contributed by atoms with Crippen LogP contribution < -0.4 is 10.0 Å². The van der Waals surface area contributed by atoms with E-state index in [1.165, 1.54) is 12.1 Å². The molecule has 1 unspecified atom stereocenters. The first-order valence-electron chi connectivity index (χ1n) is 7.88. The second-order valence-corrected chi connectivity index (χ2v) is 7.70. The molecule has 0 aliphatic heterocycles. The van der Waals surface area contributed by atoms with Gasteiger partial charge in [0.05, 0.1) is 10.9 Å². The van der Waals surface area contributed by atoms with Crippen molar-refractivity contribution in [1.29, 1.82) is 0 Å². The molecule has 0 radical (unpaired) electrons. The number of amides is 2. The summed E-state index contributed by atoms with van der Waals surface area (Å²) in [4.78, 5) is 14.1. The van der Waals surface area contributed by atoms with Crippen LogP contribution in [0, 0.1) is 6.92 Å². The summed E-state index contributed by atoms with van der Waals surface area (Å²) in [5.74, 6) is 0. The van der Waals surface area contributed by atoms with Crippen molar-refractivity contribution in [3.05, 3.63) is 65.7 Å². The predicted molar refractivity (Wildman–Crippen MR) is 97.8 cm³/mol. The van der Waals surface area contributed by atoms with Crippen molar-refractivity contribution in [3.8, 4) is 0 Å². The number of sulfonamides is 1. The lowest BCUT2D eigenvalue weighted by Gasteiger charge is -2.25. The van der Waals surface area contributed by atoms with Crippen molar-refractivity contribution < 1.29 is 13.2 Å². The lowest BCUT2D eigenvalue weighted by molar-refractivity contribution is 0.237. The van der Waals surface area contributed by atoms with E-state index in [0.29, 0.717) is 0 Å². The zero-order chi connectivity index (χ0) is 18.4. The molecule has 0 saturated carbocycles. The fourth-order valence-corrected chi connectivity index (χ4v) is 3.33. The van der Waals surface area contributed by atoms with E-state index in [-0.39, 0.29) is 17.5 Å². The Morgan fingerprint density at radius 2 is 1.64 bits per heavy atom. The molecule has 2 aromatic carbocycles. The van der Waals surface area contributed by atoms with E-state index < -0.39 is 16.1 Å². The number of hydrogen-bond acceptors (Lipinski definition) is 4. The largest absolute Gasteiger partial charge is 0.335 e. The summed E-state index contributed by atoms with van der Waals surface area (Å²) in [5.41, 5.74) is 1.98.